The standard InChI is InChI=1S/C14H21N3O2S.ClH/c1-10(15)6-7-14(19)17-11-4-2-3-5-12(11)20-9-8-13(16)18;/h2-5,10H,6-9,15H2,1H3,(H2,16,18)(H,17,19);1H. The summed E-state index contributed by atoms with van der Waals surface area (Å²) < 4.78 is 0. The first-order valence-electron chi connectivity index (χ1n) is 6.54. The highest BCUT2D eigenvalue weighted by Gasteiger charge is 2.08. The smallest absolute Gasteiger partial charge is 0.224 e. The second-order valence-electron chi connectivity index (χ2n) is 4.63. The number of thioether (sulfide) groups is 1. The van der Waals surface area contributed by atoms with Crippen LogP contribution in [0.25, 0.3) is 0 Å². The predicted octanol–water partition coefficient (Wildman–Crippen LogP) is 2.14. The van der Waals surface area contributed by atoms with E-state index in [2.05, 4.69) is 5.32 Å². The molecule has 2 amide bonds. The minimum absolute atomic E-state index is 0. The van der Waals surface area contributed by atoms with Crippen LogP contribution < -0.4 is 16.8 Å². The Morgan fingerprint density at radius 2 is 1.95 bits per heavy atom. The Labute approximate surface area is 135 Å². The van der Waals surface area contributed by atoms with E-state index in [1.165, 1.54) is 11.8 Å². The fourth-order valence-electron chi connectivity index (χ4n) is 1.53. The lowest BCUT2D eigenvalue weighted by atomic mass is 10.2. The molecular weight excluding hydrogens is 310 g/mol. The zero-order chi connectivity index (χ0) is 15.0. The van der Waals surface area contributed by atoms with Crippen molar-refractivity contribution in [2.24, 2.45) is 11.5 Å². The number of hydrogen-bond donors (Lipinski definition) is 3. The Morgan fingerprint density at radius 1 is 1.29 bits per heavy atom. The number of primary amides is 1. The van der Waals surface area contributed by atoms with E-state index in [1.807, 2.05) is 31.2 Å². The Kier molecular flexibility index (Phi) is 9.86. The third-order valence-corrected chi connectivity index (χ3v) is 3.67. The molecule has 118 valence electrons. The molecule has 1 atom stereocenters. The fraction of sp³-hybridized carbons (Fsp3) is 0.429. The van der Waals surface area contributed by atoms with Crippen LogP contribution >= 0.6 is 24.2 Å². The molecule has 0 aliphatic rings. The van der Waals surface area contributed by atoms with E-state index in [1.54, 1.807) is 0 Å². The van der Waals surface area contributed by atoms with Gasteiger partial charge in [0.05, 0.1) is 5.69 Å². The molecule has 0 fully saturated rings. The molecule has 21 heavy (non-hydrogen) atoms. The van der Waals surface area contributed by atoms with Crippen molar-refractivity contribution in [2.45, 2.75) is 37.1 Å². The van der Waals surface area contributed by atoms with E-state index in [9.17, 15) is 9.59 Å². The molecule has 0 spiro atoms. The number of rotatable bonds is 8. The van der Waals surface area contributed by atoms with Crippen LogP contribution in [0.15, 0.2) is 29.2 Å². The molecule has 1 aromatic carbocycles. The molecule has 7 heteroatoms. The SMILES string of the molecule is CC(N)CCC(=O)Nc1ccccc1SCCC(N)=O.Cl. The summed E-state index contributed by atoms with van der Waals surface area (Å²) in [5.74, 6) is 0.225. The molecule has 0 aliphatic heterocycles. The fourth-order valence-corrected chi connectivity index (χ4v) is 2.50. The number of carbonyl (C=O) groups excluding carboxylic acids is 2. The minimum atomic E-state index is -0.323. The molecule has 0 saturated carbocycles. The summed E-state index contributed by atoms with van der Waals surface area (Å²) >= 11 is 1.50. The van der Waals surface area contributed by atoms with Crippen LogP contribution in [0.4, 0.5) is 5.69 Å². The van der Waals surface area contributed by atoms with E-state index < -0.39 is 0 Å². The van der Waals surface area contributed by atoms with Crippen molar-refractivity contribution in [3.05, 3.63) is 24.3 Å². The number of halogens is 1. The number of benzene rings is 1. The average Bonchev–Trinajstić information content (AvgIpc) is 2.38. The quantitative estimate of drug-likeness (QED) is 0.635. The lowest BCUT2D eigenvalue weighted by Gasteiger charge is -2.11. The second-order valence-corrected chi connectivity index (χ2v) is 5.76. The third kappa shape index (κ3) is 8.60. The Balaban J connectivity index is 0.00000400. The predicted molar refractivity (Wildman–Crippen MR) is 89.7 cm³/mol. The van der Waals surface area contributed by atoms with Crippen molar-refractivity contribution in [1.29, 1.82) is 0 Å². The summed E-state index contributed by atoms with van der Waals surface area (Å²) in [4.78, 5) is 23.5. The number of nitrogens with one attached hydrogen (secondary N) is 1. The molecule has 5 nitrogen and oxygen atoms in total. The largest absolute Gasteiger partial charge is 0.370 e. The van der Waals surface area contributed by atoms with Gasteiger partial charge in [-0.05, 0) is 25.5 Å². The second kappa shape index (κ2) is 10.5. The molecule has 0 aliphatic carbocycles. The van der Waals surface area contributed by atoms with Crippen LogP contribution in [0, 0.1) is 0 Å². The summed E-state index contributed by atoms with van der Waals surface area (Å²) in [6.45, 7) is 1.88. The normalized spacial score (nSPS) is 11.3. The molecule has 0 radical (unpaired) electrons. The van der Waals surface area contributed by atoms with Gasteiger partial charge in [-0.15, -0.1) is 24.2 Å². The number of anilines is 1. The van der Waals surface area contributed by atoms with E-state index in [0.29, 0.717) is 25.0 Å². The van der Waals surface area contributed by atoms with Crippen LogP contribution in [0.3, 0.4) is 0 Å². The van der Waals surface area contributed by atoms with Crippen molar-refractivity contribution < 1.29 is 9.59 Å². The van der Waals surface area contributed by atoms with Gasteiger partial charge >= 0.3 is 0 Å². The van der Waals surface area contributed by atoms with E-state index in [4.69, 9.17) is 11.5 Å². The number of amides is 2. The Morgan fingerprint density at radius 3 is 2.57 bits per heavy atom. The van der Waals surface area contributed by atoms with Gasteiger partial charge in [0.1, 0.15) is 0 Å². The monoisotopic (exact) mass is 331 g/mol. The van der Waals surface area contributed by atoms with Crippen molar-refractivity contribution >= 4 is 41.7 Å². The van der Waals surface area contributed by atoms with Crippen LogP contribution in [0.2, 0.25) is 0 Å². The van der Waals surface area contributed by atoms with Crippen LogP contribution in [-0.2, 0) is 9.59 Å². The molecule has 0 aromatic heterocycles. The highest BCUT2D eigenvalue weighted by Crippen LogP contribution is 2.27. The van der Waals surface area contributed by atoms with Gasteiger partial charge in [0.15, 0.2) is 0 Å². The zero-order valence-electron chi connectivity index (χ0n) is 12.0. The first-order valence-corrected chi connectivity index (χ1v) is 7.53. The van der Waals surface area contributed by atoms with Gasteiger partial charge in [0, 0.05) is 29.5 Å². The average molecular weight is 332 g/mol. The third-order valence-electron chi connectivity index (χ3n) is 2.59. The Hall–Kier alpha value is -1.24. The van der Waals surface area contributed by atoms with Crippen LogP contribution in [-0.4, -0.2) is 23.6 Å². The van der Waals surface area contributed by atoms with Gasteiger partial charge in [0.2, 0.25) is 11.8 Å². The van der Waals surface area contributed by atoms with E-state index in [0.717, 1.165) is 10.6 Å². The van der Waals surface area contributed by atoms with Crippen molar-refractivity contribution in [3.8, 4) is 0 Å². The zero-order valence-corrected chi connectivity index (χ0v) is 13.6. The highest BCUT2D eigenvalue weighted by molar-refractivity contribution is 7.99. The molecule has 0 heterocycles. The maximum Gasteiger partial charge on any atom is 0.224 e. The summed E-state index contributed by atoms with van der Waals surface area (Å²) in [6, 6.07) is 7.52. The van der Waals surface area contributed by atoms with E-state index in [-0.39, 0.29) is 30.3 Å². The summed E-state index contributed by atoms with van der Waals surface area (Å²) in [5, 5.41) is 2.87. The topological polar surface area (TPSA) is 98.2 Å². The van der Waals surface area contributed by atoms with Gasteiger partial charge in [-0.1, -0.05) is 12.1 Å². The van der Waals surface area contributed by atoms with Crippen LogP contribution in [0.5, 0.6) is 0 Å². The highest BCUT2D eigenvalue weighted by atomic mass is 35.5. The summed E-state index contributed by atoms with van der Waals surface area (Å²) in [7, 11) is 0. The molecule has 0 bridgehead atoms. The number of nitrogens with two attached hydrogens (primary N) is 2. The number of para-hydroxylation sites is 1. The van der Waals surface area contributed by atoms with Crippen molar-refractivity contribution in [1.82, 2.24) is 0 Å². The lowest BCUT2D eigenvalue weighted by molar-refractivity contribution is -0.118. The van der Waals surface area contributed by atoms with Gasteiger partial charge in [-0.25, -0.2) is 0 Å². The van der Waals surface area contributed by atoms with Gasteiger partial charge < -0.3 is 16.8 Å². The maximum atomic E-state index is 11.8. The molecule has 1 rings (SSSR count). The van der Waals surface area contributed by atoms with E-state index >= 15 is 0 Å². The number of carbonyl (C=O) groups is 2. The first-order chi connectivity index (χ1) is 9.49. The molecule has 5 N–H and O–H groups in total. The first kappa shape index (κ1) is 19.8. The lowest BCUT2D eigenvalue weighted by Crippen LogP contribution is -2.19. The molecule has 1 unspecified atom stereocenters. The van der Waals surface area contributed by atoms with Gasteiger partial charge in [-0.2, -0.15) is 0 Å². The summed E-state index contributed by atoms with van der Waals surface area (Å²) in [6.07, 6.45) is 1.37. The van der Waals surface area contributed by atoms with Gasteiger partial charge in [0.25, 0.3) is 0 Å². The minimum Gasteiger partial charge on any atom is -0.370 e. The summed E-state index contributed by atoms with van der Waals surface area (Å²) in [5.41, 5.74) is 11.5. The van der Waals surface area contributed by atoms with Gasteiger partial charge in [-0.3, -0.25) is 9.59 Å². The van der Waals surface area contributed by atoms with Crippen molar-refractivity contribution in [2.75, 3.05) is 11.1 Å². The Bertz CT molecular complexity index is 469. The number of hydrogen-bond acceptors (Lipinski definition) is 4. The van der Waals surface area contributed by atoms with Crippen molar-refractivity contribution in [3.63, 3.8) is 0 Å². The van der Waals surface area contributed by atoms with Crippen LogP contribution in [0.1, 0.15) is 26.2 Å². The molecular formula is C14H22ClN3O2S. The maximum absolute atomic E-state index is 11.8. The molecule has 1 aromatic rings. The molecule has 0 saturated heterocycles.